The maximum Gasteiger partial charge on any atom is 0.673 e. The lowest BCUT2D eigenvalue weighted by atomic mass is 9.64. The highest BCUT2D eigenvalue weighted by molar-refractivity contribution is 7.98. The molecule has 2 aromatic rings. The number of hydrogen-bond donors (Lipinski definition) is 0. The van der Waals surface area contributed by atoms with Crippen LogP contribution in [0.15, 0.2) is 66.2 Å². The van der Waals surface area contributed by atoms with Gasteiger partial charge in [0.2, 0.25) is 0 Å². The van der Waals surface area contributed by atoms with E-state index in [0.717, 1.165) is 24.0 Å². The minimum atomic E-state index is -6.00. The second kappa shape index (κ2) is 10.2. The lowest BCUT2D eigenvalue weighted by molar-refractivity contribution is -0.130. The number of halogens is 4. The molecule has 3 saturated carbocycles. The number of fused-ring (bicyclic) bond motifs is 4. The van der Waals surface area contributed by atoms with E-state index in [9.17, 15) is 22.1 Å². The molecule has 4 bridgehead atoms. The molecule has 0 amide bonds. The third-order valence-electron chi connectivity index (χ3n) is 10.0. The summed E-state index contributed by atoms with van der Waals surface area (Å²) in [6, 6.07) is 21.9. The highest BCUT2D eigenvalue weighted by Gasteiger charge is 2.75. The van der Waals surface area contributed by atoms with Gasteiger partial charge in [-0.2, -0.15) is 0 Å². The summed E-state index contributed by atoms with van der Waals surface area (Å²) >= 11 is 0. The molecule has 38 heavy (non-hydrogen) atoms. The SMILES string of the molecule is CC(C[S+]1[C@H]2CC[C@H](C2)[C@H]1[C@]12CC[C@H](CC1=O)C2(C)C)=C(c1ccccc1)c1ccccc1.F[B-](F)(F)F. The lowest BCUT2D eigenvalue weighted by Gasteiger charge is -2.43. The van der Waals surface area contributed by atoms with E-state index < -0.39 is 7.25 Å². The Morgan fingerprint density at radius 3 is 1.95 bits per heavy atom. The molecular weight excluding hydrogens is 507 g/mol. The summed E-state index contributed by atoms with van der Waals surface area (Å²) in [6.07, 6.45) is 7.42. The molecule has 1 heterocycles. The average Bonchev–Trinajstić information content (AvgIpc) is 3.57. The molecular formula is C31H37BF4OS. The molecule has 0 aromatic heterocycles. The number of benzene rings is 2. The monoisotopic (exact) mass is 544 g/mol. The Labute approximate surface area is 226 Å². The van der Waals surface area contributed by atoms with Crippen LogP contribution in [0.2, 0.25) is 0 Å². The van der Waals surface area contributed by atoms with Gasteiger partial charge in [-0.3, -0.25) is 4.79 Å². The second-order valence-corrected chi connectivity index (χ2v) is 14.6. The Morgan fingerprint density at radius 2 is 1.47 bits per heavy atom. The fourth-order valence-corrected chi connectivity index (χ4v) is 12.6. The van der Waals surface area contributed by atoms with Crippen molar-refractivity contribution in [1.29, 1.82) is 0 Å². The average molecular weight is 545 g/mol. The predicted molar refractivity (Wildman–Crippen MR) is 150 cm³/mol. The normalized spacial score (nSPS) is 32.7. The van der Waals surface area contributed by atoms with Gasteiger partial charge in [-0.25, -0.2) is 0 Å². The van der Waals surface area contributed by atoms with Crippen LogP contribution in [0.1, 0.15) is 70.4 Å². The van der Waals surface area contributed by atoms with E-state index in [1.165, 1.54) is 53.7 Å². The van der Waals surface area contributed by atoms with Crippen LogP contribution >= 0.6 is 0 Å². The zero-order chi connectivity index (χ0) is 27.3. The van der Waals surface area contributed by atoms with Crippen molar-refractivity contribution in [3.63, 3.8) is 0 Å². The van der Waals surface area contributed by atoms with Gasteiger partial charge in [-0.15, -0.1) is 0 Å². The number of Topliss-reactive ketones (excluding diaryl/α,β-unsaturated/α-hetero) is 1. The maximum absolute atomic E-state index is 13.6. The van der Waals surface area contributed by atoms with Gasteiger partial charge in [0, 0.05) is 18.8 Å². The van der Waals surface area contributed by atoms with Crippen molar-refractivity contribution in [2.75, 3.05) is 5.75 Å². The number of hydrogen-bond acceptors (Lipinski definition) is 1. The highest BCUT2D eigenvalue weighted by atomic mass is 32.2. The molecule has 0 N–H and O–H groups in total. The van der Waals surface area contributed by atoms with Crippen LogP contribution in [0.25, 0.3) is 5.57 Å². The van der Waals surface area contributed by atoms with E-state index in [0.29, 0.717) is 27.8 Å². The molecule has 6 rings (SSSR count). The highest BCUT2D eigenvalue weighted by Crippen LogP contribution is 2.70. The van der Waals surface area contributed by atoms with Crippen molar-refractivity contribution < 1.29 is 22.1 Å². The quantitative estimate of drug-likeness (QED) is 0.210. The Hall–Kier alpha value is -2.02. The predicted octanol–water partition coefficient (Wildman–Crippen LogP) is 8.37. The fourth-order valence-electron chi connectivity index (χ4n) is 8.42. The molecule has 0 radical (unpaired) electrons. The Bertz CT molecular complexity index is 1150. The summed E-state index contributed by atoms with van der Waals surface area (Å²) < 4.78 is 39.0. The van der Waals surface area contributed by atoms with Crippen LogP contribution in [0.4, 0.5) is 17.3 Å². The standard InChI is InChI=1S/C31H37OS.BF4/c1-21(28(22-10-6-4-7-11-22)23-12-8-5-9-13-23)20-33-26-15-14-24(18-26)29(33)31-17-16-25(19-27(31)32)30(31,2)3;2-1(3,4)5/h4-13,24-26,29H,14-20H2,1-3H3;/q+1;-1/t24-,25-,26+,29+,31+,33?;/m1./s1. The van der Waals surface area contributed by atoms with E-state index in [-0.39, 0.29) is 10.8 Å². The first-order valence-electron chi connectivity index (χ1n) is 13.8. The van der Waals surface area contributed by atoms with Gasteiger partial charge in [-0.05, 0) is 77.1 Å². The molecule has 1 unspecified atom stereocenters. The van der Waals surface area contributed by atoms with E-state index in [1.807, 2.05) is 0 Å². The van der Waals surface area contributed by atoms with Gasteiger partial charge >= 0.3 is 7.25 Å². The smallest absolute Gasteiger partial charge is 0.418 e. The molecule has 204 valence electrons. The van der Waals surface area contributed by atoms with Crippen LogP contribution in [0, 0.1) is 22.7 Å². The zero-order valence-electron chi connectivity index (χ0n) is 22.4. The fraction of sp³-hybridized carbons (Fsp3) is 0.516. The van der Waals surface area contributed by atoms with E-state index >= 15 is 0 Å². The van der Waals surface area contributed by atoms with Crippen molar-refractivity contribution >= 4 is 29.5 Å². The van der Waals surface area contributed by atoms with Gasteiger partial charge in [0.05, 0.1) is 5.41 Å². The molecule has 6 atom stereocenters. The van der Waals surface area contributed by atoms with Gasteiger partial charge < -0.3 is 17.3 Å². The molecule has 1 saturated heterocycles. The summed E-state index contributed by atoms with van der Waals surface area (Å²) in [7, 11) is -5.70. The van der Waals surface area contributed by atoms with Crippen molar-refractivity contribution in [2.24, 2.45) is 22.7 Å². The van der Waals surface area contributed by atoms with Gasteiger partial charge in [0.15, 0.2) is 0 Å². The maximum atomic E-state index is 13.6. The first-order valence-corrected chi connectivity index (χ1v) is 15.3. The van der Waals surface area contributed by atoms with Crippen LogP contribution in [-0.4, -0.2) is 29.3 Å². The summed E-state index contributed by atoms with van der Waals surface area (Å²) in [5.41, 5.74) is 5.71. The third-order valence-corrected chi connectivity index (χ3v) is 13.5. The summed E-state index contributed by atoms with van der Waals surface area (Å²) in [5.74, 6) is 3.20. The van der Waals surface area contributed by atoms with Crippen LogP contribution < -0.4 is 0 Å². The van der Waals surface area contributed by atoms with Gasteiger partial charge in [-0.1, -0.05) is 74.5 Å². The van der Waals surface area contributed by atoms with Gasteiger partial charge in [0.25, 0.3) is 0 Å². The molecule has 7 heteroatoms. The minimum absolute atomic E-state index is 0.0411. The third kappa shape index (κ3) is 4.78. The molecule has 1 aliphatic heterocycles. The number of carbonyl (C=O) groups is 1. The van der Waals surface area contributed by atoms with Crippen LogP contribution in [0.5, 0.6) is 0 Å². The molecule has 4 fully saturated rings. The molecule has 0 spiro atoms. The Balaban J connectivity index is 0.000000540. The molecule has 1 nitrogen and oxygen atoms in total. The lowest BCUT2D eigenvalue weighted by Crippen LogP contribution is -2.53. The van der Waals surface area contributed by atoms with Crippen molar-refractivity contribution in [1.82, 2.24) is 0 Å². The van der Waals surface area contributed by atoms with E-state index in [2.05, 4.69) is 81.4 Å². The summed E-state index contributed by atoms with van der Waals surface area (Å²) in [5, 5.41) is 1.45. The zero-order valence-corrected chi connectivity index (χ0v) is 23.3. The Kier molecular flexibility index (Phi) is 7.38. The first kappa shape index (κ1) is 27.5. The number of rotatable bonds is 5. The summed E-state index contributed by atoms with van der Waals surface area (Å²) in [4.78, 5) is 13.6. The van der Waals surface area contributed by atoms with Crippen molar-refractivity contribution in [3.05, 3.63) is 77.4 Å². The minimum Gasteiger partial charge on any atom is -0.418 e. The van der Waals surface area contributed by atoms with Gasteiger partial charge in [0.1, 0.15) is 22.0 Å². The first-order chi connectivity index (χ1) is 17.9. The van der Waals surface area contributed by atoms with Crippen LogP contribution in [-0.2, 0) is 15.7 Å². The van der Waals surface area contributed by atoms with E-state index in [1.54, 1.807) is 0 Å². The number of carbonyl (C=O) groups excluding carboxylic acids is 1. The number of ketones is 1. The van der Waals surface area contributed by atoms with Crippen LogP contribution in [0.3, 0.4) is 0 Å². The molecule has 3 aliphatic carbocycles. The topological polar surface area (TPSA) is 17.1 Å². The second-order valence-electron chi connectivity index (χ2n) is 12.2. The Morgan fingerprint density at radius 1 is 0.921 bits per heavy atom. The van der Waals surface area contributed by atoms with E-state index in [4.69, 9.17) is 0 Å². The van der Waals surface area contributed by atoms with Crippen molar-refractivity contribution in [2.45, 2.75) is 69.8 Å². The summed E-state index contributed by atoms with van der Waals surface area (Å²) in [6.45, 7) is 7.28. The largest absolute Gasteiger partial charge is 0.673 e. The van der Waals surface area contributed by atoms with Crippen molar-refractivity contribution in [3.8, 4) is 0 Å². The molecule has 2 aromatic carbocycles. The molecule has 4 aliphatic rings.